The van der Waals surface area contributed by atoms with Crippen LogP contribution in [0.3, 0.4) is 0 Å². The number of thiophene rings is 1. The molecule has 0 fully saturated rings. The van der Waals surface area contributed by atoms with Gasteiger partial charge in [0.05, 0.1) is 16.8 Å². The van der Waals surface area contributed by atoms with E-state index in [1.54, 1.807) is 15.9 Å². The highest BCUT2D eigenvalue weighted by Gasteiger charge is 2.31. The van der Waals surface area contributed by atoms with Crippen molar-refractivity contribution in [3.05, 3.63) is 87.0 Å². The number of nitrogens with one attached hydrogen (secondary N) is 1. The maximum atomic E-state index is 13.9. The normalized spacial score (nSPS) is 15.3. The first kappa shape index (κ1) is 26.1. The van der Waals surface area contributed by atoms with Crippen LogP contribution in [-0.4, -0.2) is 32.0 Å². The van der Waals surface area contributed by atoms with Crippen LogP contribution < -0.4 is 10.9 Å². The lowest BCUT2D eigenvalue weighted by molar-refractivity contribution is -0.119. The zero-order chi connectivity index (χ0) is 26.0. The maximum absolute atomic E-state index is 13.9. The van der Waals surface area contributed by atoms with Crippen molar-refractivity contribution >= 4 is 51.0 Å². The largest absolute Gasteiger partial charge is 0.353 e. The first-order chi connectivity index (χ1) is 17.8. The predicted molar refractivity (Wildman–Crippen MR) is 157 cm³/mol. The molecule has 5 nitrogen and oxygen atoms in total. The Balaban J connectivity index is 1.38. The molecule has 0 aliphatic carbocycles. The average Bonchev–Trinajstić information content (AvgIpc) is 3.24. The minimum absolute atomic E-state index is 0.0458. The quantitative estimate of drug-likeness (QED) is 0.208. The molecule has 1 atom stereocenters. The summed E-state index contributed by atoms with van der Waals surface area (Å²) in [6.45, 7) is 6.50. The van der Waals surface area contributed by atoms with E-state index in [9.17, 15) is 9.59 Å². The number of amides is 1. The standard InChI is InChI=1S/C29H31N3O2S3/c1-19(14-15-20-10-6-4-7-11-20)30-24(33)18-35-28-31-26-25(22-16-29(2,3)36-17-23(22)37-26)27(34)32(28)21-12-8-5-9-13-21/h4-13,19H,14-18H2,1-3H3,(H,30,33)/t19-/m0/s1. The van der Waals surface area contributed by atoms with E-state index in [4.69, 9.17) is 4.98 Å². The van der Waals surface area contributed by atoms with E-state index >= 15 is 0 Å². The number of hydrogen-bond acceptors (Lipinski definition) is 6. The summed E-state index contributed by atoms with van der Waals surface area (Å²) in [4.78, 5) is 33.7. The summed E-state index contributed by atoms with van der Waals surface area (Å²) in [7, 11) is 0. The van der Waals surface area contributed by atoms with Gasteiger partial charge in [-0.05, 0) is 49.4 Å². The molecule has 5 rings (SSSR count). The fraction of sp³-hybridized carbons (Fsp3) is 0.345. The average molecular weight is 550 g/mol. The van der Waals surface area contributed by atoms with Gasteiger partial charge < -0.3 is 5.32 Å². The molecular formula is C29H31N3O2S3. The maximum Gasteiger partial charge on any atom is 0.267 e. The monoisotopic (exact) mass is 549 g/mol. The molecule has 37 heavy (non-hydrogen) atoms. The van der Waals surface area contributed by atoms with Crippen LogP contribution in [0.2, 0.25) is 0 Å². The summed E-state index contributed by atoms with van der Waals surface area (Å²) >= 11 is 4.87. The summed E-state index contributed by atoms with van der Waals surface area (Å²) in [5.41, 5.74) is 3.14. The molecule has 0 saturated heterocycles. The Bertz CT molecular complexity index is 1460. The van der Waals surface area contributed by atoms with Crippen LogP contribution in [0.25, 0.3) is 15.9 Å². The fourth-order valence-corrected chi connectivity index (χ4v) is 7.83. The van der Waals surface area contributed by atoms with Crippen LogP contribution in [0.1, 0.15) is 43.2 Å². The van der Waals surface area contributed by atoms with Crippen molar-refractivity contribution in [2.75, 3.05) is 5.75 Å². The molecule has 1 N–H and O–H groups in total. The summed E-state index contributed by atoms with van der Waals surface area (Å²) in [5.74, 6) is 1.05. The molecule has 1 amide bonds. The summed E-state index contributed by atoms with van der Waals surface area (Å²) in [6, 6.07) is 20.0. The molecule has 2 aromatic carbocycles. The molecule has 0 bridgehead atoms. The highest BCUT2D eigenvalue weighted by Crippen LogP contribution is 2.44. The number of rotatable bonds is 8. The van der Waals surface area contributed by atoms with Gasteiger partial charge in [0.15, 0.2) is 5.16 Å². The van der Waals surface area contributed by atoms with Crippen molar-refractivity contribution in [3.63, 3.8) is 0 Å². The molecule has 1 aliphatic heterocycles. The lowest BCUT2D eigenvalue weighted by atomic mass is 10.00. The van der Waals surface area contributed by atoms with Crippen LogP contribution in [0.4, 0.5) is 0 Å². The van der Waals surface area contributed by atoms with Crippen LogP contribution in [0.5, 0.6) is 0 Å². The Hall–Kier alpha value is -2.55. The Morgan fingerprint density at radius 1 is 1.14 bits per heavy atom. The third-order valence-corrected chi connectivity index (χ3v) is 10.1. The molecule has 0 saturated carbocycles. The summed E-state index contributed by atoms with van der Waals surface area (Å²) in [6.07, 6.45) is 2.64. The Morgan fingerprint density at radius 2 is 1.84 bits per heavy atom. The van der Waals surface area contributed by atoms with E-state index < -0.39 is 0 Å². The van der Waals surface area contributed by atoms with Gasteiger partial charge in [-0.15, -0.1) is 23.1 Å². The van der Waals surface area contributed by atoms with Crippen molar-refractivity contribution in [1.29, 1.82) is 0 Å². The molecule has 0 unspecified atom stereocenters. The molecule has 0 radical (unpaired) electrons. The second-order valence-corrected chi connectivity index (χ2v) is 13.8. The molecule has 8 heteroatoms. The van der Waals surface area contributed by atoms with E-state index in [0.717, 1.165) is 46.5 Å². The second kappa shape index (κ2) is 11.1. The molecule has 4 aromatic rings. The second-order valence-electron chi connectivity index (χ2n) is 10.1. The molecule has 0 spiro atoms. The van der Waals surface area contributed by atoms with Gasteiger partial charge in [0, 0.05) is 21.4 Å². The zero-order valence-corrected chi connectivity index (χ0v) is 23.8. The van der Waals surface area contributed by atoms with Gasteiger partial charge in [-0.3, -0.25) is 14.2 Å². The van der Waals surface area contributed by atoms with Crippen LogP contribution >= 0.6 is 34.9 Å². The highest BCUT2D eigenvalue weighted by atomic mass is 32.2. The number of benzene rings is 2. The SMILES string of the molecule is C[C@@H](CCc1ccccc1)NC(=O)CSc1nc2sc3c(c2c(=O)n1-c1ccccc1)CC(C)(C)SC3. The highest BCUT2D eigenvalue weighted by molar-refractivity contribution is 8.00. The van der Waals surface area contributed by atoms with Gasteiger partial charge in [0.2, 0.25) is 5.91 Å². The number of thioether (sulfide) groups is 2. The van der Waals surface area contributed by atoms with Gasteiger partial charge in [0.1, 0.15) is 4.83 Å². The zero-order valence-electron chi connectivity index (χ0n) is 21.3. The topological polar surface area (TPSA) is 64.0 Å². The number of para-hydroxylation sites is 1. The molecule has 1 aliphatic rings. The van der Waals surface area contributed by atoms with E-state index in [1.165, 1.54) is 22.2 Å². The Labute approximate surface area is 230 Å². The molecule has 3 heterocycles. The van der Waals surface area contributed by atoms with Crippen LogP contribution in [0.15, 0.2) is 70.6 Å². The molecular weight excluding hydrogens is 519 g/mol. The number of carbonyl (C=O) groups is 1. The number of aromatic nitrogens is 2. The number of fused-ring (bicyclic) bond motifs is 3. The first-order valence-corrected chi connectivity index (χ1v) is 15.3. The van der Waals surface area contributed by atoms with E-state index in [2.05, 4.69) is 31.3 Å². The van der Waals surface area contributed by atoms with Crippen molar-refractivity contribution < 1.29 is 4.79 Å². The predicted octanol–water partition coefficient (Wildman–Crippen LogP) is 6.24. The van der Waals surface area contributed by atoms with Gasteiger partial charge in [-0.1, -0.05) is 74.1 Å². The minimum Gasteiger partial charge on any atom is -0.353 e. The van der Waals surface area contributed by atoms with Gasteiger partial charge in [-0.2, -0.15) is 0 Å². The van der Waals surface area contributed by atoms with E-state index in [0.29, 0.717) is 5.16 Å². The van der Waals surface area contributed by atoms with Crippen molar-refractivity contribution in [3.8, 4) is 5.69 Å². The first-order valence-electron chi connectivity index (χ1n) is 12.5. The molecule has 192 valence electrons. The minimum atomic E-state index is -0.0526. The fourth-order valence-electron chi connectivity index (χ4n) is 4.62. The molecule has 2 aromatic heterocycles. The summed E-state index contributed by atoms with van der Waals surface area (Å²) < 4.78 is 1.77. The van der Waals surface area contributed by atoms with Crippen molar-refractivity contribution in [2.45, 2.75) is 61.7 Å². The lowest BCUT2D eigenvalue weighted by Gasteiger charge is -2.28. The van der Waals surface area contributed by atoms with Gasteiger partial charge >= 0.3 is 0 Å². The van der Waals surface area contributed by atoms with Crippen molar-refractivity contribution in [2.24, 2.45) is 0 Å². The lowest BCUT2D eigenvalue weighted by Crippen LogP contribution is -2.34. The third-order valence-electron chi connectivity index (χ3n) is 6.54. The number of nitrogens with zero attached hydrogens (tertiary/aromatic N) is 2. The summed E-state index contributed by atoms with van der Waals surface area (Å²) in [5, 5.41) is 4.40. The van der Waals surface area contributed by atoms with Gasteiger partial charge in [-0.25, -0.2) is 4.98 Å². The Morgan fingerprint density at radius 3 is 2.57 bits per heavy atom. The number of aryl methyl sites for hydroxylation is 1. The van der Waals surface area contributed by atoms with Crippen LogP contribution in [-0.2, 0) is 23.4 Å². The number of hydrogen-bond donors (Lipinski definition) is 1. The Kier molecular flexibility index (Phi) is 7.79. The smallest absolute Gasteiger partial charge is 0.267 e. The van der Waals surface area contributed by atoms with E-state index in [-0.39, 0.29) is 28.0 Å². The third kappa shape index (κ3) is 5.97. The van der Waals surface area contributed by atoms with Gasteiger partial charge in [0.25, 0.3) is 5.56 Å². The van der Waals surface area contributed by atoms with Crippen LogP contribution in [0, 0.1) is 0 Å². The van der Waals surface area contributed by atoms with Crippen molar-refractivity contribution in [1.82, 2.24) is 14.9 Å². The van der Waals surface area contributed by atoms with E-state index in [1.807, 2.05) is 67.2 Å². The number of carbonyl (C=O) groups excluding carboxylic acids is 1.